The first-order chi connectivity index (χ1) is 8.75. The Morgan fingerprint density at radius 2 is 2.00 bits per heavy atom. The average Bonchev–Trinajstić information content (AvgIpc) is 3.02. The molecule has 1 atom stereocenters. The molecule has 0 bridgehead atoms. The summed E-state index contributed by atoms with van der Waals surface area (Å²) in [4.78, 5) is 11.8. The zero-order valence-electron chi connectivity index (χ0n) is 10.5. The fraction of sp³-hybridized carbons (Fsp3) is 0.357. The van der Waals surface area contributed by atoms with Crippen LogP contribution in [0, 0.1) is 0 Å². The fourth-order valence-corrected chi connectivity index (χ4v) is 2.51. The van der Waals surface area contributed by atoms with Crippen LogP contribution in [0.5, 0.6) is 0 Å². The van der Waals surface area contributed by atoms with Crippen LogP contribution in [0.25, 0.3) is 5.69 Å². The van der Waals surface area contributed by atoms with Crippen molar-refractivity contribution >= 4 is 0 Å². The van der Waals surface area contributed by atoms with E-state index in [4.69, 9.17) is 0 Å². The van der Waals surface area contributed by atoms with Crippen LogP contribution in [0.15, 0.2) is 41.5 Å². The van der Waals surface area contributed by atoms with Gasteiger partial charge in [0.15, 0.2) is 0 Å². The van der Waals surface area contributed by atoms with Gasteiger partial charge in [0.25, 0.3) is 0 Å². The van der Waals surface area contributed by atoms with Crippen molar-refractivity contribution < 1.29 is 0 Å². The molecule has 0 amide bonds. The first-order valence-electron chi connectivity index (χ1n) is 6.31. The highest BCUT2D eigenvalue weighted by atomic mass is 16.1. The van der Waals surface area contributed by atoms with Crippen LogP contribution in [0.3, 0.4) is 0 Å². The maximum atomic E-state index is 11.8. The molecule has 1 fully saturated rings. The van der Waals surface area contributed by atoms with Crippen LogP contribution in [0.4, 0.5) is 0 Å². The van der Waals surface area contributed by atoms with Gasteiger partial charge in [-0.2, -0.15) is 0 Å². The van der Waals surface area contributed by atoms with Crippen LogP contribution in [0.2, 0.25) is 0 Å². The van der Waals surface area contributed by atoms with E-state index in [1.807, 2.05) is 12.1 Å². The summed E-state index contributed by atoms with van der Waals surface area (Å²) < 4.78 is 3.24. The quantitative estimate of drug-likeness (QED) is 0.862. The smallest absolute Gasteiger partial charge is 0.316 e. The van der Waals surface area contributed by atoms with E-state index in [0.717, 1.165) is 18.8 Å². The number of aryl methyl sites for hydroxylation is 1. The number of imidazole rings is 1. The molecule has 4 nitrogen and oxygen atoms in total. The third kappa shape index (κ3) is 1.88. The molecule has 1 unspecified atom stereocenters. The number of aromatic nitrogens is 2. The van der Waals surface area contributed by atoms with Crippen LogP contribution in [-0.4, -0.2) is 22.2 Å². The zero-order valence-corrected chi connectivity index (χ0v) is 10.5. The molecule has 18 heavy (non-hydrogen) atoms. The third-order valence-electron chi connectivity index (χ3n) is 3.65. The molecule has 2 aromatic rings. The molecule has 1 aromatic heterocycles. The van der Waals surface area contributed by atoms with Crippen LogP contribution in [0.1, 0.15) is 17.9 Å². The second kappa shape index (κ2) is 4.46. The molecule has 94 valence electrons. The van der Waals surface area contributed by atoms with Gasteiger partial charge in [-0.3, -0.25) is 4.57 Å². The van der Waals surface area contributed by atoms with Crippen LogP contribution < -0.4 is 11.0 Å². The maximum Gasteiger partial charge on any atom is 0.332 e. The van der Waals surface area contributed by atoms with Gasteiger partial charge < -0.3 is 9.88 Å². The molecule has 3 rings (SSSR count). The molecular weight excluding hydrogens is 226 g/mol. The first-order valence-corrected chi connectivity index (χ1v) is 6.31. The third-order valence-corrected chi connectivity index (χ3v) is 3.65. The van der Waals surface area contributed by atoms with Crippen molar-refractivity contribution in [1.29, 1.82) is 0 Å². The van der Waals surface area contributed by atoms with Crippen LogP contribution in [-0.2, 0) is 7.05 Å². The summed E-state index contributed by atoms with van der Waals surface area (Å²) in [6.45, 7) is 2.16. The number of rotatable bonds is 2. The lowest BCUT2D eigenvalue weighted by atomic mass is 9.98. The molecule has 0 saturated carbocycles. The minimum atomic E-state index is -0.00900. The summed E-state index contributed by atoms with van der Waals surface area (Å²) in [7, 11) is 1.76. The van der Waals surface area contributed by atoms with E-state index >= 15 is 0 Å². The van der Waals surface area contributed by atoms with Gasteiger partial charge in [-0.05, 0) is 36.6 Å². The lowest BCUT2D eigenvalue weighted by Crippen LogP contribution is -2.20. The van der Waals surface area contributed by atoms with Gasteiger partial charge in [0, 0.05) is 26.0 Å². The standard InChI is InChI=1S/C14H17N3O/c1-16-8-9-17(14(16)18)13-4-2-11(3-5-13)12-6-7-15-10-12/h2-5,8-9,12,15H,6-7,10H2,1H3. The summed E-state index contributed by atoms with van der Waals surface area (Å²) in [5, 5.41) is 3.37. The Hall–Kier alpha value is -1.81. The van der Waals surface area contributed by atoms with E-state index in [1.165, 1.54) is 12.0 Å². The molecule has 1 saturated heterocycles. The number of hydrogen-bond donors (Lipinski definition) is 1. The number of benzene rings is 1. The van der Waals surface area contributed by atoms with Gasteiger partial charge in [-0.15, -0.1) is 0 Å². The van der Waals surface area contributed by atoms with E-state index in [9.17, 15) is 4.79 Å². The maximum absolute atomic E-state index is 11.8. The van der Waals surface area contributed by atoms with Crippen molar-refractivity contribution in [2.75, 3.05) is 13.1 Å². The Bertz CT molecular complexity index is 588. The molecule has 2 heterocycles. The Morgan fingerprint density at radius 3 is 2.56 bits per heavy atom. The Balaban J connectivity index is 1.91. The van der Waals surface area contributed by atoms with Crippen molar-refractivity contribution in [2.24, 2.45) is 7.05 Å². The SMILES string of the molecule is Cn1ccn(-c2ccc(C3CCNC3)cc2)c1=O. The molecule has 4 heteroatoms. The van der Waals surface area contributed by atoms with Gasteiger partial charge in [-0.25, -0.2) is 4.79 Å². The summed E-state index contributed by atoms with van der Waals surface area (Å²) >= 11 is 0. The summed E-state index contributed by atoms with van der Waals surface area (Å²) in [5.74, 6) is 0.617. The van der Waals surface area contributed by atoms with E-state index in [-0.39, 0.29) is 5.69 Å². The van der Waals surface area contributed by atoms with E-state index < -0.39 is 0 Å². The predicted molar refractivity (Wildman–Crippen MR) is 71.2 cm³/mol. The topological polar surface area (TPSA) is 39.0 Å². The van der Waals surface area contributed by atoms with Gasteiger partial charge >= 0.3 is 5.69 Å². The van der Waals surface area contributed by atoms with Gasteiger partial charge in [0.1, 0.15) is 0 Å². The minimum absolute atomic E-state index is 0.00900. The Kier molecular flexibility index (Phi) is 2.80. The molecule has 0 radical (unpaired) electrons. The second-order valence-electron chi connectivity index (χ2n) is 4.84. The molecule has 1 N–H and O–H groups in total. The predicted octanol–water partition coefficient (Wildman–Crippen LogP) is 1.25. The van der Waals surface area contributed by atoms with Gasteiger partial charge in [-0.1, -0.05) is 12.1 Å². The largest absolute Gasteiger partial charge is 0.332 e. The highest BCUT2D eigenvalue weighted by molar-refractivity contribution is 5.36. The zero-order chi connectivity index (χ0) is 12.5. The fourth-order valence-electron chi connectivity index (χ4n) is 2.51. The molecule has 1 aliphatic rings. The summed E-state index contributed by atoms with van der Waals surface area (Å²) in [6, 6.07) is 8.31. The lowest BCUT2D eigenvalue weighted by Gasteiger charge is -2.09. The molecule has 1 aliphatic heterocycles. The molecular formula is C14H17N3O. The average molecular weight is 243 g/mol. The number of nitrogens with one attached hydrogen (secondary N) is 1. The van der Waals surface area contributed by atoms with E-state index in [2.05, 4.69) is 17.4 Å². The first kappa shape index (κ1) is 11.3. The summed E-state index contributed by atoms with van der Waals surface area (Å²) in [5.41, 5.74) is 2.27. The normalized spacial score (nSPS) is 19.3. The Morgan fingerprint density at radius 1 is 1.22 bits per heavy atom. The minimum Gasteiger partial charge on any atom is -0.316 e. The number of hydrogen-bond acceptors (Lipinski definition) is 2. The van der Waals surface area contributed by atoms with E-state index in [0.29, 0.717) is 5.92 Å². The van der Waals surface area contributed by atoms with Gasteiger partial charge in [0.2, 0.25) is 0 Å². The number of nitrogens with zero attached hydrogens (tertiary/aromatic N) is 2. The van der Waals surface area contributed by atoms with E-state index in [1.54, 1.807) is 28.6 Å². The Labute approximate surface area is 106 Å². The van der Waals surface area contributed by atoms with Crippen molar-refractivity contribution in [1.82, 2.24) is 14.5 Å². The van der Waals surface area contributed by atoms with Crippen molar-refractivity contribution in [3.8, 4) is 5.69 Å². The van der Waals surface area contributed by atoms with Gasteiger partial charge in [0.05, 0.1) is 5.69 Å². The summed E-state index contributed by atoms with van der Waals surface area (Å²) in [6.07, 6.45) is 4.77. The lowest BCUT2D eigenvalue weighted by molar-refractivity contribution is 0.762. The molecule has 0 spiro atoms. The van der Waals surface area contributed by atoms with Crippen molar-refractivity contribution in [2.45, 2.75) is 12.3 Å². The van der Waals surface area contributed by atoms with Crippen molar-refractivity contribution in [3.05, 3.63) is 52.7 Å². The van der Waals surface area contributed by atoms with Crippen LogP contribution >= 0.6 is 0 Å². The monoisotopic (exact) mass is 243 g/mol. The second-order valence-corrected chi connectivity index (χ2v) is 4.84. The highest BCUT2D eigenvalue weighted by Gasteiger charge is 2.16. The highest BCUT2D eigenvalue weighted by Crippen LogP contribution is 2.22. The molecule has 0 aliphatic carbocycles. The molecule has 1 aromatic carbocycles. The van der Waals surface area contributed by atoms with Crippen molar-refractivity contribution in [3.63, 3.8) is 0 Å².